The molecule has 1 atom stereocenters. The Hall–Kier alpha value is -1.46. The third-order valence-electron chi connectivity index (χ3n) is 2.65. The highest BCUT2D eigenvalue weighted by atomic mass is 32.2. The zero-order valence-corrected chi connectivity index (χ0v) is 11.5. The Morgan fingerprint density at radius 1 is 1.11 bits per heavy atom. The van der Waals surface area contributed by atoms with Gasteiger partial charge in [-0.15, -0.1) is 0 Å². The van der Waals surface area contributed by atoms with Crippen LogP contribution in [-0.4, -0.2) is 22.0 Å². The van der Waals surface area contributed by atoms with E-state index in [1.165, 1.54) is 17.3 Å². The molecular weight excluding hydrogens is 244 g/mol. The van der Waals surface area contributed by atoms with E-state index in [0.29, 0.717) is 6.04 Å². The van der Waals surface area contributed by atoms with Crippen LogP contribution in [0.1, 0.15) is 24.1 Å². The molecule has 2 heterocycles. The standard InChI is InChI=1S/C13H16N4S/c1-9-6-16-13(17-7-9)18-12-5-4-11(8-15-12)10(2)14-3/h4-8,10,14H,1-3H3. The molecule has 2 aromatic rings. The number of aryl methyl sites for hydroxylation is 1. The number of aromatic nitrogens is 3. The van der Waals surface area contributed by atoms with E-state index in [4.69, 9.17) is 0 Å². The third kappa shape index (κ3) is 3.27. The van der Waals surface area contributed by atoms with Crippen molar-refractivity contribution in [3.63, 3.8) is 0 Å². The van der Waals surface area contributed by atoms with Crippen molar-refractivity contribution in [3.8, 4) is 0 Å². The number of nitrogens with zero attached hydrogens (tertiary/aromatic N) is 3. The first-order valence-corrected chi connectivity index (χ1v) is 6.60. The maximum Gasteiger partial charge on any atom is 0.193 e. The zero-order valence-electron chi connectivity index (χ0n) is 10.7. The van der Waals surface area contributed by atoms with Crippen molar-refractivity contribution < 1.29 is 0 Å². The van der Waals surface area contributed by atoms with Crippen LogP contribution in [0.2, 0.25) is 0 Å². The Morgan fingerprint density at radius 2 is 1.83 bits per heavy atom. The lowest BCUT2D eigenvalue weighted by atomic mass is 10.1. The number of hydrogen-bond acceptors (Lipinski definition) is 5. The van der Waals surface area contributed by atoms with Crippen LogP contribution in [-0.2, 0) is 0 Å². The third-order valence-corrected chi connectivity index (χ3v) is 3.49. The number of hydrogen-bond donors (Lipinski definition) is 1. The van der Waals surface area contributed by atoms with Gasteiger partial charge in [0, 0.05) is 24.6 Å². The highest BCUT2D eigenvalue weighted by Crippen LogP contribution is 2.23. The van der Waals surface area contributed by atoms with E-state index in [1.807, 2.05) is 38.6 Å². The van der Waals surface area contributed by atoms with E-state index in [1.54, 1.807) is 0 Å². The molecule has 0 aliphatic carbocycles. The first-order valence-electron chi connectivity index (χ1n) is 5.79. The van der Waals surface area contributed by atoms with Gasteiger partial charge in [-0.3, -0.25) is 0 Å². The predicted molar refractivity (Wildman–Crippen MR) is 72.6 cm³/mol. The van der Waals surface area contributed by atoms with E-state index in [2.05, 4.69) is 33.3 Å². The molecule has 2 rings (SSSR count). The molecule has 18 heavy (non-hydrogen) atoms. The lowest BCUT2D eigenvalue weighted by Crippen LogP contribution is -2.12. The Balaban J connectivity index is 2.08. The van der Waals surface area contributed by atoms with Crippen molar-refractivity contribution in [1.82, 2.24) is 20.3 Å². The molecule has 0 aromatic carbocycles. The smallest absolute Gasteiger partial charge is 0.193 e. The average molecular weight is 260 g/mol. The summed E-state index contributed by atoms with van der Waals surface area (Å²) in [5, 5.41) is 4.82. The van der Waals surface area contributed by atoms with E-state index in [0.717, 1.165) is 15.7 Å². The van der Waals surface area contributed by atoms with Gasteiger partial charge in [0.05, 0.1) is 0 Å². The molecule has 1 N–H and O–H groups in total. The maximum absolute atomic E-state index is 4.41. The van der Waals surface area contributed by atoms with Crippen molar-refractivity contribution in [2.75, 3.05) is 7.05 Å². The van der Waals surface area contributed by atoms with Gasteiger partial charge in [0.1, 0.15) is 5.03 Å². The predicted octanol–water partition coefficient (Wildman–Crippen LogP) is 2.61. The summed E-state index contributed by atoms with van der Waals surface area (Å²) in [4.78, 5) is 12.9. The van der Waals surface area contributed by atoms with Crippen LogP contribution in [0.4, 0.5) is 0 Å². The Kier molecular flexibility index (Phi) is 4.28. The second-order valence-electron chi connectivity index (χ2n) is 4.09. The number of rotatable bonds is 4. The molecule has 0 fully saturated rings. The molecule has 0 spiro atoms. The Labute approximate surface area is 111 Å². The van der Waals surface area contributed by atoms with Crippen molar-refractivity contribution in [2.24, 2.45) is 0 Å². The minimum absolute atomic E-state index is 0.312. The molecule has 0 saturated carbocycles. The number of pyridine rings is 1. The first-order chi connectivity index (χ1) is 8.69. The van der Waals surface area contributed by atoms with Gasteiger partial charge < -0.3 is 5.32 Å². The van der Waals surface area contributed by atoms with Crippen molar-refractivity contribution in [3.05, 3.63) is 41.9 Å². The van der Waals surface area contributed by atoms with Crippen LogP contribution >= 0.6 is 11.8 Å². The summed E-state index contributed by atoms with van der Waals surface area (Å²) in [5.74, 6) is 0. The van der Waals surface area contributed by atoms with Crippen LogP contribution in [0.25, 0.3) is 0 Å². The van der Waals surface area contributed by atoms with Crippen LogP contribution in [0.3, 0.4) is 0 Å². The summed E-state index contributed by atoms with van der Waals surface area (Å²) >= 11 is 1.47. The quantitative estimate of drug-likeness (QED) is 0.856. The fourth-order valence-corrected chi connectivity index (χ4v) is 2.04. The largest absolute Gasteiger partial charge is 0.313 e. The summed E-state index contributed by atoms with van der Waals surface area (Å²) in [6.45, 7) is 4.08. The summed E-state index contributed by atoms with van der Waals surface area (Å²) in [5.41, 5.74) is 2.23. The fourth-order valence-electron chi connectivity index (χ4n) is 1.40. The summed E-state index contributed by atoms with van der Waals surface area (Å²) in [6.07, 6.45) is 5.51. The molecule has 0 saturated heterocycles. The highest BCUT2D eigenvalue weighted by Gasteiger charge is 2.05. The molecular formula is C13H16N4S. The van der Waals surface area contributed by atoms with E-state index >= 15 is 0 Å². The molecule has 94 valence electrons. The SMILES string of the molecule is CNC(C)c1ccc(Sc2ncc(C)cn2)nc1. The molecule has 2 aromatic heterocycles. The molecule has 0 radical (unpaired) electrons. The van der Waals surface area contributed by atoms with Gasteiger partial charge in [-0.25, -0.2) is 15.0 Å². The zero-order chi connectivity index (χ0) is 13.0. The summed E-state index contributed by atoms with van der Waals surface area (Å²) < 4.78 is 0. The molecule has 0 aliphatic rings. The number of nitrogens with one attached hydrogen (secondary N) is 1. The van der Waals surface area contributed by atoms with Gasteiger partial charge in [-0.05, 0) is 49.9 Å². The molecule has 0 bridgehead atoms. The molecule has 1 unspecified atom stereocenters. The van der Waals surface area contributed by atoms with E-state index in [-0.39, 0.29) is 0 Å². The molecule has 0 amide bonds. The summed E-state index contributed by atoms with van der Waals surface area (Å²) in [7, 11) is 1.94. The maximum atomic E-state index is 4.41. The molecule has 4 nitrogen and oxygen atoms in total. The normalized spacial score (nSPS) is 12.4. The molecule has 5 heteroatoms. The van der Waals surface area contributed by atoms with Crippen LogP contribution in [0.15, 0.2) is 40.9 Å². The van der Waals surface area contributed by atoms with Gasteiger partial charge in [-0.1, -0.05) is 6.07 Å². The van der Waals surface area contributed by atoms with Crippen LogP contribution in [0.5, 0.6) is 0 Å². The second kappa shape index (κ2) is 5.93. The highest BCUT2D eigenvalue weighted by molar-refractivity contribution is 7.99. The minimum atomic E-state index is 0.312. The van der Waals surface area contributed by atoms with Gasteiger partial charge in [0.2, 0.25) is 0 Å². The topological polar surface area (TPSA) is 50.7 Å². The van der Waals surface area contributed by atoms with Gasteiger partial charge >= 0.3 is 0 Å². The average Bonchev–Trinajstić information content (AvgIpc) is 2.41. The van der Waals surface area contributed by atoms with E-state index < -0.39 is 0 Å². The minimum Gasteiger partial charge on any atom is -0.313 e. The Morgan fingerprint density at radius 3 is 2.39 bits per heavy atom. The summed E-state index contributed by atoms with van der Waals surface area (Å²) in [6, 6.07) is 4.38. The van der Waals surface area contributed by atoms with Crippen molar-refractivity contribution >= 4 is 11.8 Å². The lowest BCUT2D eigenvalue weighted by Gasteiger charge is -2.09. The van der Waals surface area contributed by atoms with Gasteiger partial charge in [0.25, 0.3) is 0 Å². The lowest BCUT2D eigenvalue weighted by molar-refractivity contribution is 0.648. The van der Waals surface area contributed by atoms with E-state index in [9.17, 15) is 0 Å². The van der Waals surface area contributed by atoms with Crippen LogP contribution < -0.4 is 5.32 Å². The van der Waals surface area contributed by atoms with Gasteiger partial charge in [0.15, 0.2) is 5.16 Å². The van der Waals surface area contributed by atoms with Crippen LogP contribution in [0, 0.1) is 6.92 Å². The van der Waals surface area contributed by atoms with Gasteiger partial charge in [-0.2, -0.15) is 0 Å². The molecule has 0 aliphatic heterocycles. The monoisotopic (exact) mass is 260 g/mol. The van der Waals surface area contributed by atoms with Crippen molar-refractivity contribution in [1.29, 1.82) is 0 Å². The Bertz CT molecular complexity index is 495. The first kappa shape index (κ1) is 13.0. The van der Waals surface area contributed by atoms with Crippen molar-refractivity contribution in [2.45, 2.75) is 30.1 Å². The fraction of sp³-hybridized carbons (Fsp3) is 0.308. The second-order valence-corrected chi connectivity index (χ2v) is 5.07.